The third-order valence-electron chi connectivity index (χ3n) is 1.37. The van der Waals surface area contributed by atoms with Crippen molar-refractivity contribution < 1.29 is 9.47 Å². The van der Waals surface area contributed by atoms with Crippen molar-refractivity contribution in [3.63, 3.8) is 0 Å². The molecule has 2 rings (SSSR count). The zero-order valence-corrected chi connectivity index (χ0v) is 6.24. The highest BCUT2D eigenvalue weighted by Gasteiger charge is 2.14. The summed E-state index contributed by atoms with van der Waals surface area (Å²) in [5, 5.41) is 1.93. The van der Waals surface area contributed by atoms with Crippen LogP contribution in [0.1, 0.15) is 4.88 Å². The van der Waals surface area contributed by atoms with Gasteiger partial charge in [-0.1, -0.05) is 0 Å². The summed E-state index contributed by atoms with van der Waals surface area (Å²) in [6, 6.07) is 0. The van der Waals surface area contributed by atoms with Crippen LogP contribution in [0, 0.1) is 6.92 Å². The summed E-state index contributed by atoms with van der Waals surface area (Å²) in [5.41, 5.74) is 0. The van der Waals surface area contributed by atoms with Gasteiger partial charge in [0, 0.05) is 5.38 Å². The minimum Gasteiger partial charge on any atom is -0.485 e. The summed E-state index contributed by atoms with van der Waals surface area (Å²) >= 11 is 1.56. The lowest BCUT2D eigenvalue weighted by atomic mass is 10.4. The van der Waals surface area contributed by atoms with Gasteiger partial charge in [-0.3, -0.25) is 0 Å². The van der Waals surface area contributed by atoms with Gasteiger partial charge in [0.05, 0.1) is 4.88 Å². The van der Waals surface area contributed by atoms with Crippen molar-refractivity contribution in [2.45, 2.75) is 0 Å². The lowest BCUT2D eigenvalue weighted by Gasteiger charge is -2.14. The van der Waals surface area contributed by atoms with Crippen LogP contribution in [0.5, 0.6) is 11.5 Å². The van der Waals surface area contributed by atoms with Crippen molar-refractivity contribution in [1.29, 1.82) is 0 Å². The number of fused-ring (bicyclic) bond motifs is 1. The second kappa shape index (κ2) is 2.16. The van der Waals surface area contributed by atoms with E-state index < -0.39 is 0 Å². The Hall–Kier alpha value is -0.700. The number of rotatable bonds is 0. The molecule has 0 spiro atoms. The third kappa shape index (κ3) is 0.778. The van der Waals surface area contributed by atoms with E-state index in [-0.39, 0.29) is 0 Å². The van der Waals surface area contributed by atoms with Crippen LogP contribution < -0.4 is 9.47 Å². The van der Waals surface area contributed by atoms with Crippen molar-refractivity contribution in [3.05, 3.63) is 17.2 Å². The first-order valence-electron chi connectivity index (χ1n) is 3.07. The average Bonchev–Trinajstić information content (AvgIpc) is 2.34. The van der Waals surface area contributed by atoms with Gasteiger partial charge in [0.1, 0.15) is 13.2 Å². The standard InChI is InChI=1S/C7H7O2S/c1-5-7-6(4-10-5)8-2-3-9-7/h4H,1-3H2. The monoisotopic (exact) mass is 155 g/mol. The van der Waals surface area contributed by atoms with E-state index in [1.165, 1.54) is 0 Å². The molecule has 0 fully saturated rings. The highest BCUT2D eigenvalue weighted by Crippen LogP contribution is 2.38. The fraction of sp³-hybridized carbons (Fsp3) is 0.286. The van der Waals surface area contributed by atoms with E-state index in [1.807, 2.05) is 5.38 Å². The predicted molar refractivity (Wildman–Crippen MR) is 39.8 cm³/mol. The lowest BCUT2D eigenvalue weighted by Crippen LogP contribution is -2.14. The predicted octanol–water partition coefficient (Wildman–Crippen LogP) is 1.70. The van der Waals surface area contributed by atoms with Crippen LogP contribution in [0.4, 0.5) is 0 Å². The van der Waals surface area contributed by atoms with Gasteiger partial charge < -0.3 is 9.47 Å². The van der Waals surface area contributed by atoms with Crippen molar-refractivity contribution in [2.75, 3.05) is 13.2 Å². The van der Waals surface area contributed by atoms with Crippen molar-refractivity contribution in [2.24, 2.45) is 0 Å². The van der Waals surface area contributed by atoms with Crippen molar-refractivity contribution >= 4 is 11.3 Å². The molecule has 0 amide bonds. The molecule has 0 bridgehead atoms. The number of thiophene rings is 1. The third-order valence-corrected chi connectivity index (χ3v) is 2.17. The largest absolute Gasteiger partial charge is 0.485 e. The molecule has 0 saturated heterocycles. The number of hydrogen-bond acceptors (Lipinski definition) is 3. The maximum absolute atomic E-state index is 5.32. The van der Waals surface area contributed by atoms with Crippen molar-refractivity contribution in [3.8, 4) is 11.5 Å². The Morgan fingerprint density at radius 3 is 3.00 bits per heavy atom. The topological polar surface area (TPSA) is 18.5 Å². The molecule has 0 atom stereocenters. The quantitative estimate of drug-likeness (QED) is 0.567. The maximum Gasteiger partial charge on any atom is 0.175 e. The van der Waals surface area contributed by atoms with E-state index >= 15 is 0 Å². The van der Waals surface area contributed by atoms with Gasteiger partial charge in [0.25, 0.3) is 0 Å². The lowest BCUT2D eigenvalue weighted by molar-refractivity contribution is 0.173. The Kier molecular flexibility index (Phi) is 1.31. The van der Waals surface area contributed by atoms with Crippen LogP contribution in [0.15, 0.2) is 5.38 Å². The molecule has 2 heterocycles. The molecule has 53 valence electrons. The first-order chi connectivity index (χ1) is 4.88. The fourth-order valence-electron chi connectivity index (χ4n) is 0.916. The molecule has 2 nitrogen and oxygen atoms in total. The van der Waals surface area contributed by atoms with Gasteiger partial charge in [-0.2, -0.15) is 0 Å². The van der Waals surface area contributed by atoms with Crippen LogP contribution in [0.2, 0.25) is 0 Å². The van der Waals surface area contributed by atoms with E-state index in [1.54, 1.807) is 11.3 Å². The molecule has 0 aliphatic carbocycles. The molecule has 10 heavy (non-hydrogen) atoms. The first kappa shape index (κ1) is 6.04. The van der Waals surface area contributed by atoms with E-state index in [0.29, 0.717) is 13.2 Å². The van der Waals surface area contributed by atoms with Crippen LogP contribution in [0.25, 0.3) is 0 Å². The average molecular weight is 155 g/mol. The summed E-state index contributed by atoms with van der Waals surface area (Å²) in [6.45, 7) is 5.11. The molecule has 0 N–H and O–H groups in total. The Labute approximate surface area is 63.4 Å². The van der Waals surface area contributed by atoms with Gasteiger partial charge >= 0.3 is 0 Å². The van der Waals surface area contributed by atoms with Crippen LogP contribution in [-0.4, -0.2) is 13.2 Å². The fourth-order valence-corrected chi connectivity index (χ4v) is 1.61. The summed E-state index contributed by atoms with van der Waals surface area (Å²) in [5.74, 6) is 1.68. The second-order valence-corrected chi connectivity index (χ2v) is 3.01. The minimum atomic E-state index is 0.645. The highest BCUT2D eigenvalue weighted by atomic mass is 32.1. The van der Waals surface area contributed by atoms with Gasteiger partial charge in [-0.25, -0.2) is 0 Å². The molecule has 1 radical (unpaired) electrons. The Morgan fingerprint density at radius 1 is 1.40 bits per heavy atom. The Balaban J connectivity index is 2.45. The smallest absolute Gasteiger partial charge is 0.175 e. The van der Waals surface area contributed by atoms with Gasteiger partial charge in [-0.05, 0) is 6.92 Å². The first-order valence-corrected chi connectivity index (χ1v) is 3.95. The van der Waals surface area contributed by atoms with E-state index in [2.05, 4.69) is 6.92 Å². The molecule has 1 aliphatic heterocycles. The Morgan fingerprint density at radius 2 is 2.20 bits per heavy atom. The molecule has 1 aromatic heterocycles. The summed E-state index contributed by atoms with van der Waals surface area (Å²) in [6.07, 6.45) is 0. The Bertz CT molecular complexity index is 242. The van der Waals surface area contributed by atoms with Gasteiger partial charge in [0.15, 0.2) is 11.5 Å². The molecule has 1 aliphatic rings. The molecule has 3 heteroatoms. The summed E-state index contributed by atoms with van der Waals surface area (Å²) in [7, 11) is 0. The zero-order chi connectivity index (χ0) is 6.97. The maximum atomic E-state index is 5.32. The number of ether oxygens (including phenoxy) is 2. The molecule has 0 unspecified atom stereocenters. The number of hydrogen-bond donors (Lipinski definition) is 0. The van der Waals surface area contributed by atoms with Crippen LogP contribution in [-0.2, 0) is 0 Å². The highest BCUT2D eigenvalue weighted by molar-refractivity contribution is 7.10. The van der Waals surface area contributed by atoms with E-state index in [0.717, 1.165) is 16.4 Å². The summed E-state index contributed by atoms with van der Waals surface area (Å²) < 4.78 is 10.6. The molecule has 1 aromatic rings. The van der Waals surface area contributed by atoms with Crippen LogP contribution in [0.3, 0.4) is 0 Å². The van der Waals surface area contributed by atoms with Crippen LogP contribution >= 0.6 is 11.3 Å². The SMILES string of the molecule is [CH2]c1scc2c1OCCO2. The molecular formula is C7H7O2S. The minimum absolute atomic E-state index is 0.645. The molecular weight excluding hydrogens is 148 g/mol. The van der Waals surface area contributed by atoms with Gasteiger partial charge in [0.2, 0.25) is 0 Å². The van der Waals surface area contributed by atoms with Crippen molar-refractivity contribution in [1.82, 2.24) is 0 Å². The van der Waals surface area contributed by atoms with E-state index in [9.17, 15) is 0 Å². The van der Waals surface area contributed by atoms with Gasteiger partial charge in [-0.15, -0.1) is 11.3 Å². The van der Waals surface area contributed by atoms with E-state index in [4.69, 9.17) is 9.47 Å². The molecule has 0 saturated carbocycles. The summed E-state index contributed by atoms with van der Waals surface area (Å²) in [4.78, 5) is 0.953. The zero-order valence-electron chi connectivity index (χ0n) is 5.42. The normalized spacial score (nSPS) is 15.3. The molecule has 0 aromatic carbocycles. The second-order valence-electron chi connectivity index (χ2n) is 2.05.